The van der Waals surface area contributed by atoms with Crippen molar-refractivity contribution < 1.29 is 9.15 Å². The molecule has 0 aliphatic carbocycles. The van der Waals surface area contributed by atoms with Crippen LogP contribution in [-0.2, 0) is 0 Å². The molecule has 1 N–H and O–H groups in total. The first kappa shape index (κ1) is 10.2. The zero-order chi connectivity index (χ0) is 11.4. The van der Waals surface area contributed by atoms with Gasteiger partial charge in [0.25, 0.3) is 0 Å². The molecule has 0 atom stereocenters. The standard InChI is InChI=1S/C11H10N2O3/c1-15-9-4-2-3-8(7-9)5-6-10-12-13-11(14)16-10/h2-7H,1H3,(H,13,14)/b6-5+. The van der Waals surface area contributed by atoms with Crippen LogP contribution in [0.3, 0.4) is 0 Å². The lowest BCUT2D eigenvalue weighted by molar-refractivity contribution is 0.414. The van der Waals surface area contributed by atoms with Gasteiger partial charge in [0, 0.05) is 6.08 Å². The van der Waals surface area contributed by atoms with Gasteiger partial charge in [-0.25, -0.2) is 9.89 Å². The van der Waals surface area contributed by atoms with Gasteiger partial charge in [-0.05, 0) is 23.8 Å². The molecule has 82 valence electrons. The highest BCUT2D eigenvalue weighted by atomic mass is 16.5. The summed E-state index contributed by atoms with van der Waals surface area (Å²) in [4.78, 5) is 10.7. The van der Waals surface area contributed by atoms with Gasteiger partial charge in [0.1, 0.15) is 5.75 Å². The van der Waals surface area contributed by atoms with Gasteiger partial charge in [0.15, 0.2) is 0 Å². The quantitative estimate of drug-likeness (QED) is 0.848. The summed E-state index contributed by atoms with van der Waals surface area (Å²) in [5.74, 6) is 0.448. The fourth-order valence-electron chi connectivity index (χ4n) is 1.23. The topological polar surface area (TPSA) is 68.1 Å². The van der Waals surface area contributed by atoms with Crippen molar-refractivity contribution in [1.29, 1.82) is 0 Å². The molecule has 0 bridgehead atoms. The van der Waals surface area contributed by atoms with Crippen molar-refractivity contribution in [3.8, 4) is 5.75 Å². The van der Waals surface area contributed by atoms with Crippen molar-refractivity contribution in [1.82, 2.24) is 10.2 Å². The summed E-state index contributed by atoms with van der Waals surface area (Å²) in [7, 11) is 1.61. The van der Waals surface area contributed by atoms with E-state index in [0.717, 1.165) is 11.3 Å². The lowest BCUT2D eigenvalue weighted by atomic mass is 10.2. The van der Waals surface area contributed by atoms with Crippen LogP contribution in [0, 0.1) is 0 Å². The Morgan fingerprint density at radius 2 is 2.31 bits per heavy atom. The van der Waals surface area contributed by atoms with Crippen molar-refractivity contribution in [2.75, 3.05) is 7.11 Å². The van der Waals surface area contributed by atoms with Crippen LogP contribution in [0.4, 0.5) is 0 Å². The Bertz CT molecular complexity index is 554. The van der Waals surface area contributed by atoms with Crippen LogP contribution in [0.2, 0.25) is 0 Å². The van der Waals surface area contributed by atoms with Gasteiger partial charge < -0.3 is 9.15 Å². The highest BCUT2D eigenvalue weighted by Gasteiger charge is 1.95. The van der Waals surface area contributed by atoms with Crippen LogP contribution < -0.4 is 10.5 Å². The van der Waals surface area contributed by atoms with Crippen LogP contribution >= 0.6 is 0 Å². The maximum Gasteiger partial charge on any atom is 0.434 e. The molecule has 1 aromatic heterocycles. The highest BCUT2D eigenvalue weighted by molar-refractivity contribution is 5.66. The Hall–Kier alpha value is -2.30. The van der Waals surface area contributed by atoms with Crippen LogP contribution in [0.25, 0.3) is 12.2 Å². The van der Waals surface area contributed by atoms with E-state index in [-0.39, 0.29) is 5.89 Å². The van der Waals surface area contributed by atoms with E-state index in [0.29, 0.717) is 0 Å². The predicted molar refractivity (Wildman–Crippen MR) is 59.0 cm³/mol. The molecule has 5 nitrogen and oxygen atoms in total. The molecule has 0 spiro atoms. The van der Waals surface area contributed by atoms with Gasteiger partial charge in [0.2, 0.25) is 5.89 Å². The van der Waals surface area contributed by atoms with Crippen LogP contribution in [0.1, 0.15) is 11.5 Å². The molecular weight excluding hydrogens is 208 g/mol. The summed E-state index contributed by atoms with van der Waals surface area (Å²) in [6.07, 6.45) is 3.38. The number of hydrogen-bond acceptors (Lipinski definition) is 4. The summed E-state index contributed by atoms with van der Waals surface area (Å²) in [6.45, 7) is 0. The Labute approximate surface area is 91.4 Å². The number of benzene rings is 1. The number of hydrogen-bond donors (Lipinski definition) is 1. The normalized spacial score (nSPS) is 10.8. The fourth-order valence-corrected chi connectivity index (χ4v) is 1.23. The van der Waals surface area contributed by atoms with Gasteiger partial charge in [0.05, 0.1) is 7.11 Å². The van der Waals surface area contributed by atoms with E-state index in [1.54, 1.807) is 19.3 Å². The minimum absolute atomic E-state index is 0.243. The minimum atomic E-state index is -0.565. The lowest BCUT2D eigenvalue weighted by Crippen LogP contribution is -1.93. The first-order valence-corrected chi connectivity index (χ1v) is 4.65. The molecule has 5 heteroatoms. The molecule has 0 saturated carbocycles. The second kappa shape index (κ2) is 4.48. The highest BCUT2D eigenvalue weighted by Crippen LogP contribution is 2.14. The van der Waals surface area contributed by atoms with Gasteiger partial charge >= 0.3 is 5.76 Å². The molecule has 1 aromatic carbocycles. The Morgan fingerprint density at radius 3 is 3.00 bits per heavy atom. The first-order valence-electron chi connectivity index (χ1n) is 4.65. The van der Waals surface area contributed by atoms with Crippen LogP contribution in [-0.4, -0.2) is 17.3 Å². The van der Waals surface area contributed by atoms with Crippen molar-refractivity contribution in [2.45, 2.75) is 0 Å². The smallest absolute Gasteiger partial charge is 0.434 e. The number of aromatic amines is 1. The maximum absolute atomic E-state index is 10.7. The van der Waals surface area contributed by atoms with Crippen molar-refractivity contribution >= 4 is 12.2 Å². The largest absolute Gasteiger partial charge is 0.497 e. The van der Waals surface area contributed by atoms with Gasteiger partial charge in [-0.1, -0.05) is 12.1 Å². The average Bonchev–Trinajstić information content (AvgIpc) is 2.73. The average molecular weight is 218 g/mol. The number of H-pyrrole nitrogens is 1. The Balaban J connectivity index is 2.20. The van der Waals surface area contributed by atoms with E-state index >= 15 is 0 Å². The number of aromatic nitrogens is 2. The summed E-state index contributed by atoms with van der Waals surface area (Å²) in [5.41, 5.74) is 0.935. The van der Waals surface area contributed by atoms with Crippen molar-refractivity contribution in [2.24, 2.45) is 0 Å². The lowest BCUT2D eigenvalue weighted by Gasteiger charge is -1.99. The number of ether oxygens (including phenoxy) is 1. The van der Waals surface area contributed by atoms with Crippen LogP contribution in [0.15, 0.2) is 33.5 Å². The third-order valence-corrected chi connectivity index (χ3v) is 1.97. The van der Waals surface area contributed by atoms with E-state index in [2.05, 4.69) is 10.2 Å². The first-order chi connectivity index (χ1) is 7.78. The molecule has 1 heterocycles. The Morgan fingerprint density at radius 1 is 1.44 bits per heavy atom. The van der Waals surface area contributed by atoms with Crippen molar-refractivity contribution in [3.63, 3.8) is 0 Å². The molecule has 2 aromatic rings. The second-order valence-corrected chi connectivity index (χ2v) is 3.06. The third kappa shape index (κ3) is 2.38. The third-order valence-electron chi connectivity index (χ3n) is 1.97. The van der Waals surface area contributed by atoms with E-state index in [4.69, 9.17) is 9.15 Å². The monoisotopic (exact) mass is 218 g/mol. The number of nitrogens with one attached hydrogen (secondary N) is 1. The Kier molecular flexibility index (Phi) is 2.86. The summed E-state index contributed by atoms with van der Waals surface area (Å²) in [5, 5.41) is 5.83. The zero-order valence-corrected chi connectivity index (χ0v) is 8.64. The van der Waals surface area contributed by atoms with Gasteiger partial charge in [-0.15, -0.1) is 5.10 Å². The number of rotatable bonds is 3. The zero-order valence-electron chi connectivity index (χ0n) is 8.64. The molecule has 0 saturated heterocycles. The van der Waals surface area contributed by atoms with Gasteiger partial charge in [-0.2, -0.15) is 0 Å². The molecule has 0 amide bonds. The molecule has 0 aliphatic heterocycles. The SMILES string of the molecule is COc1cccc(/C=C/c2n[nH]c(=O)o2)c1. The van der Waals surface area contributed by atoms with E-state index in [1.807, 2.05) is 24.3 Å². The van der Waals surface area contributed by atoms with E-state index < -0.39 is 5.76 Å². The minimum Gasteiger partial charge on any atom is -0.497 e. The summed E-state index contributed by atoms with van der Waals surface area (Å²) in [6, 6.07) is 7.50. The molecule has 0 radical (unpaired) electrons. The van der Waals surface area contributed by atoms with Crippen molar-refractivity contribution in [3.05, 3.63) is 46.3 Å². The summed E-state index contributed by atoms with van der Waals surface area (Å²) >= 11 is 0. The predicted octanol–water partition coefficient (Wildman–Crippen LogP) is 1.54. The van der Waals surface area contributed by atoms with Crippen LogP contribution in [0.5, 0.6) is 5.75 Å². The summed E-state index contributed by atoms with van der Waals surface area (Å²) < 4.78 is 9.80. The number of nitrogens with zero attached hydrogens (tertiary/aromatic N) is 1. The number of methoxy groups -OCH3 is 1. The fraction of sp³-hybridized carbons (Fsp3) is 0.0909. The van der Waals surface area contributed by atoms with Gasteiger partial charge in [-0.3, -0.25) is 0 Å². The van der Waals surface area contributed by atoms with E-state index in [9.17, 15) is 4.79 Å². The molecule has 0 unspecified atom stereocenters. The molecule has 16 heavy (non-hydrogen) atoms. The molecular formula is C11H10N2O3. The molecule has 2 rings (SSSR count). The molecule has 0 fully saturated rings. The van der Waals surface area contributed by atoms with E-state index in [1.165, 1.54) is 0 Å². The molecule has 0 aliphatic rings. The maximum atomic E-state index is 10.7. The second-order valence-electron chi connectivity index (χ2n) is 3.06.